The van der Waals surface area contributed by atoms with Gasteiger partial charge < -0.3 is 39.7 Å². The van der Waals surface area contributed by atoms with Crippen LogP contribution in [0.4, 0.5) is 0 Å². The molecule has 2 unspecified atom stereocenters. The highest BCUT2D eigenvalue weighted by atomic mass is 16.7. The molecule has 0 aliphatic carbocycles. The Kier molecular flexibility index (Phi) is 9.03. The number of ketones is 1. The van der Waals surface area contributed by atoms with Crippen LogP contribution in [0.15, 0.2) is 18.2 Å². The second kappa shape index (κ2) is 11.8. The molecule has 10 heteroatoms. The van der Waals surface area contributed by atoms with Crippen LogP contribution >= 0.6 is 0 Å². The summed E-state index contributed by atoms with van der Waals surface area (Å²) < 4.78 is 16.4. The van der Waals surface area contributed by atoms with Crippen molar-refractivity contribution in [3.05, 3.63) is 29.3 Å². The summed E-state index contributed by atoms with van der Waals surface area (Å²) in [4.78, 5) is 24.8. The lowest BCUT2D eigenvalue weighted by Gasteiger charge is -2.39. The molecule has 2 aliphatic rings. The van der Waals surface area contributed by atoms with Crippen molar-refractivity contribution < 1.29 is 49.3 Å². The van der Waals surface area contributed by atoms with E-state index < -0.39 is 55.1 Å². The smallest absolute Gasteiger partial charge is 0.342 e. The molecule has 188 valence electrons. The molecule has 2 heterocycles. The maximum absolute atomic E-state index is 12.8. The predicted octanol–water partition coefficient (Wildman–Crippen LogP) is 1.05. The second-order valence-electron chi connectivity index (χ2n) is 8.66. The van der Waals surface area contributed by atoms with Crippen molar-refractivity contribution in [2.45, 2.75) is 82.3 Å². The van der Waals surface area contributed by atoms with E-state index >= 15 is 0 Å². The van der Waals surface area contributed by atoms with Crippen LogP contribution in [-0.2, 0) is 14.3 Å². The molecule has 1 saturated heterocycles. The number of phenolic OH excluding ortho intramolecular Hbond substituents is 1. The summed E-state index contributed by atoms with van der Waals surface area (Å²) in [7, 11) is 0. The summed E-state index contributed by atoms with van der Waals surface area (Å²) in [6.45, 7) is 1.10. The first-order chi connectivity index (χ1) is 16.2. The summed E-state index contributed by atoms with van der Waals surface area (Å²) in [5.74, 6) is -0.965. The Morgan fingerprint density at radius 1 is 1.06 bits per heavy atom. The third-order valence-corrected chi connectivity index (χ3v) is 5.92. The number of hydrogen-bond acceptors (Lipinski definition) is 10. The summed E-state index contributed by atoms with van der Waals surface area (Å²) in [5.41, 5.74) is 0.234. The van der Waals surface area contributed by atoms with Crippen LogP contribution in [0.1, 0.15) is 61.4 Å². The number of aliphatic hydroxyl groups is 4. The standard InChI is InChI=1S/C24H32O10/c1-13-6-5-9-15(26)8-4-2-3-7-14-10-16(11-17(27)19(14)23(31)32-13)33-24-22(30)21(29)20(28)18(12-25)34-24/h3,7,10-11,13,18,20-22,24-25,27-30H,2,4-6,8-9,12H2,1H3/t13?,18-,20-,21+,22-,24?/m1/s1. The molecule has 0 radical (unpaired) electrons. The molecular weight excluding hydrogens is 448 g/mol. The maximum Gasteiger partial charge on any atom is 0.342 e. The fourth-order valence-corrected chi connectivity index (χ4v) is 3.98. The quantitative estimate of drug-likeness (QED) is 0.395. The number of aliphatic hydroxyl groups excluding tert-OH is 4. The average molecular weight is 481 g/mol. The van der Waals surface area contributed by atoms with Gasteiger partial charge in [0.2, 0.25) is 6.29 Å². The Labute approximate surface area is 197 Å². The molecule has 6 atom stereocenters. The van der Waals surface area contributed by atoms with Crippen molar-refractivity contribution in [1.82, 2.24) is 0 Å². The fourth-order valence-electron chi connectivity index (χ4n) is 3.98. The summed E-state index contributed by atoms with van der Waals surface area (Å²) in [6.07, 6.45) is -1.24. The lowest BCUT2D eigenvalue weighted by molar-refractivity contribution is -0.277. The number of benzene rings is 1. The Morgan fingerprint density at radius 2 is 1.79 bits per heavy atom. The van der Waals surface area contributed by atoms with Gasteiger partial charge >= 0.3 is 5.97 Å². The van der Waals surface area contributed by atoms with E-state index in [4.69, 9.17) is 14.2 Å². The number of aromatic hydroxyl groups is 1. The second-order valence-corrected chi connectivity index (χ2v) is 8.66. The minimum absolute atomic E-state index is 0.0161. The van der Waals surface area contributed by atoms with E-state index in [0.717, 1.165) is 6.07 Å². The molecular formula is C24H32O10. The van der Waals surface area contributed by atoms with Crippen LogP contribution in [0.2, 0.25) is 0 Å². The van der Waals surface area contributed by atoms with Crippen LogP contribution in [0.25, 0.3) is 6.08 Å². The third-order valence-electron chi connectivity index (χ3n) is 5.92. The number of carbonyl (C=O) groups is 2. The van der Waals surface area contributed by atoms with E-state index in [9.17, 15) is 35.1 Å². The first-order valence-corrected chi connectivity index (χ1v) is 11.4. The highest BCUT2D eigenvalue weighted by Gasteiger charge is 2.44. The number of esters is 1. The minimum atomic E-state index is -1.63. The number of hydrogen-bond donors (Lipinski definition) is 5. The van der Waals surface area contributed by atoms with Gasteiger partial charge in [0.25, 0.3) is 0 Å². The normalized spacial score (nSPS) is 31.3. The number of Topliss-reactive ketones (excluding diaryl/α,β-unsaturated/α-hetero) is 1. The number of rotatable bonds is 3. The zero-order valence-electron chi connectivity index (χ0n) is 19.0. The van der Waals surface area contributed by atoms with Gasteiger partial charge in [0.15, 0.2) is 0 Å². The highest BCUT2D eigenvalue weighted by molar-refractivity contribution is 5.97. The lowest BCUT2D eigenvalue weighted by atomic mass is 9.99. The lowest BCUT2D eigenvalue weighted by Crippen LogP contribution is -2.60. The predicted molar refractivity (Wildman–Crippen MR) is 119 cm³/mol. The van der Waals surface area contributed by atoms with E-state index in [1.54, 1.807) is 19.1 Å². The third kappa shape index (κ3) is 6.34. The van der Waals surface area contributed by atoms with Crippen LogP contribution in [-0.4, -0.2) is 80.7 Å². The molecule has 2 aliphatic heterocycles. The molecule has 3 rings (SSSR count). The van der Waals surface area contributed by atoms with Crippen molar-refractivity contribution in [2.75, 3.05) is 6.61 Å². The molecule has 0 bridgehead atoms. The first-order valence-electron chi connectivity index (χ1n) is 11.4. The van der Waals surface area contributed by atoms with E-state index in [1.165, 1.54) is 6.07 Å². The molecule has 0 saturated carbocycles. The van der Waals surface area contributed by atoms with Crippen LogP contribution in [0.5, 0.6) is 11.5 Å². The zero-order valence-corrected chi connectivity index (χ0v) is 19.0. The van der Waals surface area contributed by atoms with Gasteiger partial charge in [-0.2, -0.15) is 0 Å². The number of ether oxygens (including phenoxy) is 3. The molecule has 34 heavy (non-hydrogen) atoms. The van der Waals surface area contributed by atoms with Gasteiger partial charge in [-0.05, 0) is 44.2 Å². The zero-order chi connectivity index (χ0) is 24.8. The van der Waals surface area contributed by atoms with Crippen molar-refractivity contribution in [3.63, 3.8) is 0 Å². The topological polar surface area (TPSA) is 163 Å². The number of carbonyl (C=O) groups excluding carboxylic acids is 2. The SMILES string of the molecule is CC1CCCC(=O)CCCC=Cc2cc(OC3O[C@H](CO)[C@@H](O)[C@H](O)[C@H]3O)cc(O)c2C(=O)O1. The molecule has 1 aromatic rings. The Morgan fingerprint density at radius 3 is 2.53 bits per heavy atom. The van der Waals surface area contributed by atoms with Crippen LogP contribution < -0.4 is 4.74 Å². The number of cyclic esters (lactones) is 1. The van der Waals surface area contributed by atoms with E-state index in [0.29, 0.717) is 44.1 Å². The molecule has 0 amide bonds. The Balaban J connectivity index is 1.88. The largest absolute Gasteiger partial charge is 0.507 e. The van der Waals surface area contributed by atoms with Gasteiger partial charge in [0.05, 0.1) is 12.7 Å². The van der Waals surface area contributed by atoms with Crippen LogP contribution in [0, 0.1) is 0 Å². The maximum atomic E-state index is 12.8. The molecule has 5 N–H and O–H groups in total. The molecule has 1 fully saturated rings. The summed E-state index contributed by atoms with van der Waals surface area (Å²) in [5, 5.41) is 50.1. The van der Waals surface area contributed by atoms with E-state index in [2.05, 4.69) is 0 Å². The van der Waals surface area contributed by atoms with Crippen molar-refractivity contribution >= 4 is 17.8 Å². The van der Waals surface area contributed by atoms with Crippen molar-refractivity contribution in [3.8, 4) is 11.5 Å². The first kappa shape index (κ1) is 26.1. The Hall–Kier alpha value is -2.50. The molecule has 10 nitrogen and oxygen atoms in total. The summed E-state index contributed by atoms with van der Waals surface area (Å²) in [6, 6.07) is 2.60. The van der Waals surface area contributed by atoms with Gasteiger partial charge in [0.1, 0.15) is 47.3 Å². The van der Waals surface area contributed by atoms with E-state index in [1.807, 2.05) is 0 Å². The molecule has 0 aromatic heterocycles. The van der Waals surface area contributed by atoms with Crippen molar-refractivity contribution in [2.24, 2.45) is 0 Å². The average Bonchev–Trinajstić information content (AvgIpc) is 2.78. The van der Waals surface area contributed by atoms with Crippen LogP contribution in [0.3, 0.4) is 0 Å². The Bertz CT molecular complexity index is 896. The highest BCUT2D eigenvalue weighted by Crippen LogP contribution is 2.33. The van der Waals surface area contributed by atoms with Gasteiger partial charge in [-0.3, -0.25) is 4.79 Å². The van der Waals surface area contributed by atoms with Gasteiger partial charge in [-0.25, -0.2) is 4.79 Å². The minimum Gasteiger partial charge on any atom is -0.507 e. The molecule has 0 spiro atoms. The van der Waals surface area contributed by atoms with Gasteiger partial charge in [0, 0.05) is 18.9 Å². The number of fused-ring (bicyclic) bond motifs is 1. The van der Waals surface area contributed by atoms with Gasteiger partial charge in [-0.15, -0.1) is 0 Å². The molecule has 1 aromatic carbocycles. The fraction of sp³-hybridized carbons (Fsp3) is 0.583. The van der Waals surface area contributed by atoms with Crippen molar-refractivity contribution in [1.29, 1.82) is 0 Å². The monoisotopic (exact) mass is 480 g/mol. The summed E-state index contributed by atoms with van der Waals surface area (Å²) >= 11 is 0. The van der Waals surface area contributed by atoms with Gasteiger partial charge in [-0.1, -0.05) is 12.2 Å². The number of phenols is 1. The number of allylic oxidation sites excluding steroid dienone is 1. The van der Waals surface area contributed by atoms with E-state index in [-0.39, 0.29) is 17.1 Å².